The van der Waals surface area contributed by atoms with Crippen LogP contribution in [0.15, 0.2) is 142 Å². The van der Waals surface area contributed by atoms with Crippen LogP contribution in [0.4, 0.5) is 8.78 Å². The molecule has 0 aliphatic heterocycles. The quantitative estimate of drug-likeness (QED) is 0.105. The number of phenols is 2. The van der Waals surface area contributed by atoms with Crippen molar-refractivity contribution in [3.8, 4) is 34.5 Å². The monoisotopic (exact) mass is 1020 g/mol. The first kappa shape index (κ1) is 54.8. The first-order chi connectivity index (χ1) is 30.4. The van der Waals surface area contributed by atoms with Crippen molar-refractivity contribution >= 4 is 55.7 Å². The molecule has 0 heterocycles. The third-order valence-corrected chi connectivity index (χ3v) is 8.55. The lowest BCUT2D eigenvalue weighted by molar-refractivity contribution is 0.0588. The van der Waals surface area contributed by atoms with E-state index < -0.39 is 35.1 Å². The van der Waals surface area contributed by atoms with Crippen LogP contribution in [0.1, 0.15) is 41.4 Å². The topological polar surface area (TPSA) is 205 Å². The first-order valence-corrected chi connectivity index (χ1v) is 19.5. The minimum atomic E-state index is -1.34. The molecule has 0 aromatic heterocycles. The predicted octanol–water partition coefficient (Wildman–Crippen LogP) is 10.3. The zero-order valence-corrected chi connectivity index (χ0v) is 38.3. The average molecular weight is 1020 g/mol. The number of carbonyl (C=O) groups is 4. The van der Waals surface area contributed by atoms with Crippen molar-refractivity contribution in [1.82, 2.24) is 0 Å². The van der Waals surface area contributed by atoms with Crippen molar-refractivity contribution in [2.75, 3.05) is 42.7 Å². The summed E-state index contributed by atoms with van der Waals surface area (Å²) in [5, 5.41) is 34.3. The number of ether oxygens (including phenoxy) is 6. The van der Waals surface area contributed by atoms with Gasteiger partial charge in [0.15, 0.2) is 0 Å². The molecule has 0 saturated heterocycles. The predicted molar refractivity (Wildman–Crippen MR) is 240 cm³/mol. The van der Waals surface area contributed by atoms with Gasteiger partial charge in [0.2, 0.25) is 0 Å². The Morgan fingerprint density at radius 2 is 0.781 bits per heavy atom. The number of halogens is 4. The second-order valence-electron chi connectivity index (χ2n) is 11.7. The summed E-state index contributed by atoms with van der Waals surface area (Å²) in [7, 11) is 8.75. The number of phenolic OH excluding ortho intramolecular Hbond substituents is 2. The smallest absolute Gasteiger partial charge is 0.340 e. The van der Waals surface area contributed by atoms with E-state index in [1.165, 1.54) is 52.7 Å². The Morgan fingerprint density at radius 3 is 1.14 bits per heavy atom. The van der Waals surface area contributed by atoms with E-state index in [1.807, 2.05) is 24.3 Å². The number of hydrogen-bond acceptors (Lipinski definition) is 12. The van der Waals surface area contributed by atoms with Gasteiger partial charge in [-0.3, -0.25) is 0 Å². The Bertz CT molecular complexity index is 2320. The van der Waals surface area contributed by atoms with Crippen molar-refractivity contribution in [3.63, 3.8) is 0 Å². The van der Waals surface area contributed by atoms with Gasteiger partial charge in [-0.2, -0.15) is 0 Å². The van der Waals surface area contributed by atoms with E-state index in [1.54, 1.807) is 74.9 Å². The molecule has 6 rings (SSSR count). The van der Waals surface area contributed by atoms with Gasteiger partial charge in [-0.05, 0) is 121 Å². The van der Waals surface area contributed by atoms with Gasteiger partial charge in [0.1, 0.15) is 46.1 Å². The summed E-state index contributed by atoms with van der Waals surface area (Å²) < 4.78 is 56.1. The minimum Gasteiger partial charge on any atom is -0.508 e. The van der Waals surface area contributed by atoms with E-state index in [9.17, 15) is 28.0 Å². The van der Waals surface area contributed by atoms with Crippen LogP contribution >= 0.6 is 31.9 Å². The van der Waals surface area contributed by atoms with Crippen LogP contribution in [0.3, 0.4) is 0 Å². The normalized spacial score (nSPS) is 9.28. The van der Waals surface area contributed by atoms with Crippen molar-refractivity contribution < 1.29 is 76.8 Å². The molecule has 4 N–H and O–H groups in total. The molecule has 0 fully saturated rings. The molecular formula is C46H44Br2F2O14. The average Bonchev–Trinajstić information content (AvgIpc) is 3.30. The van der Waals surface area contributed by atoms with Crippen LogP contribution in [0, 0.1) is 11.6 Å². The number of carboxylic acid groups (broad SMARTS) is 2. The van der Waals surface area contributed by atoms with Gasteiger partial charge in [0.25, 0.3) is 0 Å². The SMILES string of the molecule is COC(=O)c1ccc(OC)cc1.COC(=O)c1ccc(OC)cc1F.COc1ccc(Br)cc1.COc1ccc(C(=O)O)cc1.O=C(O)c1ccc(O)cc1F.Oc1ccc(Br)cc1. The Balaban J connectivity index is 0.000000386. The van der Waals surface area contributed by atoms with E-state index in [0.717, 1.165) is 44.7 Å². The van der Waals surface area contributed by atoms with Gasteiger partial charge < -0.3 is 48.8 Å². The lowest BCUT2D eigenvalue weighted by Crippen LogP contribution is -2.04. The summed E-state index contributed by atoms with van der Waals surface area (Å²) in [6.07, 6.45) is 0. The molecule has 6 aromatic rings. The van der Waals surface area contributed by atoms with Gasteiger partial charge in [0, 0.05) is 21.1 Å². The molecule has 340 valence electrons. The third kappa shape index (κ3) is 21.1. The van der Waals surface area contributed by atoms with E-state index in [4.69, 9.17) is 39.4 Å². The van der Waals surface area contributed by atoms with Crippen LogP contribution in [0.5, 0.6) is 34.5 Å². The summed E-state index contributed by atoms with van der Waals surface area (Å²) in [6.45, 7) is 0. The lowest BCUT2D eigenvalue weighted by atomic mass is 10.2. The number of aromatic hydroxyl groups is 2. The highest BCUT2D eigenvalue weighted by Crippen LogP contribution is 2.18. The largest absolute Gasteiger partial charge is 0.508 e. The molecule has 0 radical (unpaired) electrons. The molecule has 14 nitrogen and oxygen atoms in total. The standard InChI is InChI=1S/C9H9FO3.C9H10O3.C8H8O3.C7H7BrO.C7H5FO3.C6H5BrO/c1-12-6-3-4-7(8(10)5-6)9(11)13-2;1-11-8-5-3-7(4-6-8)9(10)12-2;1-11-7-4-2-6(3-5-7)8(9)10;1-9-7-4-2-6(8)3-5-7;8-6-3-4(9)1-2-5(6)7(10)11;7-5-1-3-6(8)4-2-5/h3-5H,1-2H3;3-6H,1-2H3;2-5H,1H3,(H,9,10);2-5H,1H3;1-3,9H,(H,10,11);1-4,8H. The fraction of sp³-hybridized carbons (Fsp3) is 0.130. The highest BCUT2D eigenvalue weighted by Gasteiger charge is 2.12. The van der Waals surface area contributed by atoms with Crippen LogP contribution < -0.4 is 18.9 Å². The molecule has 64 heavy (non-hydrogen) atoms. The number of aromatic carboxylic acids is 2. The number of rotatable bonds is 8. The number of carbonyl (C=O) groups excluding carboxylic acids is 2. The van der Waals surface area contributed by atoms with E-state index in [-0.39, 0.29) is 22.8 Å². The Morgan fingerprint density at radius 1 is 0.422 bits per heavy atom. The fourth-order valence-corrected chi connectivity index (χ4v) is 4.69. The number of hydrogen-bond donors (Lipinski definition) is 4. The second-order valence-corrected chi connectivity index (χ2v) is 13.5. The van der Waals surface area contributed by atoms with Crippen molar-refractivity contribution in [1.29, 1.82) is 0 Å². The highest BCUT2D eigenvalue weighted by atomic mass is 79.9. The Hall–Kier alpha value is -7.18. The zero-order chi connectivity index (χ0) is 48.2. The molecule has 6 aromatic carbocycles. The highest BCUT2D eigenvalue weighted by molar-refractivity contribution is 9.10. The summed E-state index contributed by atoms with van der Waals surface area (Å²) >= 11 is 6.55. The first-order valence-electron chi connectivity index (χ1n) is 17.9. The van der Waals surface area contributed by atoms with E-state index in [0.29, 0.717) is 22.8 Å². The molecular weight excluding hydrogens is 974 g/mol. The number of benzene rings is 6. The molecule has 0 aliphatic carbocycles. The molecule has 18 heteroatoms. The molecule has 0 aliphatic rings. The summed E-state index contributed by atoms with van der Waals surface area (Å²) in [6, 6.07) is 34.3. The van der Waals surface area contributed by atoms with Crippen LogP contribution in [0.25, 0.3) is 0 Å². The number of methoxy groups -OCH3 is 6. The Kier molecular flexibility index (Phi) is 25.7. The van der Waals surface area contributed by atoms with Crippen molar-refractivity contribution in [3.05, 3.63) is 176 Å². The van der Waals surface area contributed by atoms with Crippen LogP contribution in [0.2, 0.25) is 0 Å². The summed E-state index contributed by atoms with van der Waals surface area (Å²) in [4.78, 5) is 42.5. The molecule has 0 bridgehead atoms. The van der Waals surface area contributed by atoms with Crippen molar-refractivity contribution in [2.24, 2.45) is 0 Å². The fourth-order valence-electron chi connectivity index (χ4n) is 4.17. The van der Waals surface area contributed by atoms with Crippen LogP contribution in [-0.2, 0) is 9.47 Å². The second kappa shape index (κ2) is 30.0. The molecule has 0 saturated carbocycles. The number of esters is 2. The van der Waals surface area contributed by atoms with Gasteiger partial charge in [-0.15, -0.1) is 0 Å². The molecule has 0 spiro atoms. The van der Waals surface area contributed by atoms with Gasteiger partial charge in [-0.1, -0.05) is 31.9 Å². The maximum Gasteiger partial charge on any atom is 0.340 e. The molecule has 0 amide bonds. The van der Waals surface area contributed by atoms with E-state index in [2.05, 4.69) is 41.3 Å². The zero-order valence-electron chi connectivity index (χ0n) is 35.1. The summed E-state index contributed by atoms with van der Waals surface area (Å²) in [5.74, 6) is -2.22. The maximum absolute atomic E-state index is 13.1. The lowest BCUT2D eigenvalue weighted by Gasteiger charge is -2.03. The third-order valence-electron chi connectivity index (χ3n) is 7.49. The maximum atomic E-state index is 13.1. The van der Waals surface area contributed by atoms with Gasteiger partial charge >= 0.3 is 23.9 Å². The minimum absolute atomic E-state index is 0.0942. The number of carboxylic acids is 2. The Labute approximate surface area is 384 Å². The van der Waals surface area contributed by atoms with Crippen molar-refractivity contribution in [2.45, 2.75) is 0 Å². The van der Waals surface area contributed by atoms with Gasteiger partial charge in [-0.25, -0.2) is 28.0 Å². The van der Waals surface area contributed by atoms with Crippen LogP contribution in [-0.4, -0.2) is 87.0 Å². The summed E-state index contributed by atoms with van der Waals surface area (Å²) in [5.41, 5.74) is 0.259. The van der Waals surface area contributed by atoms with Gasteiger partial charge in [0.05, 0.1) is 64.9 Å². The molecule has 0 atom stereocenters. The van der Waals surface area contributed by atoms with E-state index >= 15 is 0 Å². The molecule has 0 unspecified atom stereocenters.